The normalized spacial score (nSPS) is 13.1. The van der Waals surface area contributed by atoms with Crippen molar-refractivity contribution in [3.63, 3.8) is 0 Å². The van der Waals surface area contributed by atoms with Crippen LogP contribution >= 0.6 is 11.6 Å². The smallest absolute Gasteiger partial charge is 0.342 e. The molecule has 7 nitrogen and oxygen atoms in total. The SMILES string of the molecule is Cc1ccc(CNC(=O)n2nc(-c3cc(NC(=O)c4ccccc4Cl)ccc3O)cc2C2CCC2)cc1. The first-order valence-corrected chi connectivity index (χ1v) is 12.6. The first-order valence-electron chi connectivity index (χ1n) is 12.2. The van der Waals surface area contributed by atoms with Crippen LogP contribution < -0.4 is 10.6 Å². The van der Waals surface area contributed by atoms with E-state index in [4.69, 9.17) is 11.6 Å². The van der Waals surface area contributed by atoms with Gasteiger partial charge in [0, 0.05) is 23.7 Å². The van der Waals surface area contributed by atoms with Gasteiger partial charge in [0.25, 0.3) is 5.91 Å². The van der Waals surface area contributed by atoms with Gasteiger partial charge in [0.05, 0.1) is 22.0 Å². The summed E-state index contributed by atoms with van der Waals surface area (Å²) in [5, 5.41) is 21.3. The predicted octanol–water partition coefficient (Wildman–Crippen LogP) is 6.50. The largest absolute Gasteiger partial charge is 0.507 e. The molecule has 4 aromatic rings. The van der Waals surface area contributed by atoms with E-state index < -0.39 is 0 Å². The highest BCUT2D eigenvalue weighted by Gasteiger charge is 2.27. The standard InChI is InChI=1S/C29H27ClN4O3/c1-18-9-11-19(12-10-18)17-31-29(37)34-26(20-5-4-6-20)16-25(33-34)23-15-21(13-14-27(23)35)32-28(36)22-7-2-3-8-24(22)30/h2-3,7-16,20,35H,4-6,17H2,1H3,(H,31,37)(H,32,36). The molecule has 3 N–H and O–H groups in total. The third kappa shape index (κ3) is 5.37. The number of hydrogen-bond donors (Lipinski definition) is 3. The lowest BCUT2D eigenvalue weighted by Crippen LogP contribution is -2.31. The zero-order chi connectivity index (χ0) is 25.9. The number of phenolic OH excluding ortho intramolecular Hbond substituents is 1. The summed E-state index contributed by atoms with van der Waals surface area (Å²) in [4.78, 5) is 25.9. The van der Waals surface area contributed by atoms with Gasteiger partial charge in [-0.2, -0.15) is 9.78 Å². The minimum Gasteiger partial charge on any atom is -0.507 e. The maximum absolute atomic E-state index is 13.1. The molecule has 188 valence electrons. The van der Waals surface area contributed by atoms with Crippen molar-refractivity contribution in [3.05, 3.63) is 100 Å². The zero-order valence-corrected chi connectivity index (χ0v) is 21.1. The molecule has 1 aromatic heterocycles. The molecule has 3 aromatic carbocycles. The van der Waals surface area contributed by atoms with E-state index in [9.17, 15) is 14.7 Å². The fraction of sp³-hybridized carbons (Fsp3) is 0.207. The second kappa shape index (κ2) is 10.5. The number of anilines is 1. The molecule has 1 saturated carbocycles. The number of carbonyl (C=O) groups excluding carboxylic acids is 2. The molecule has 1 heterocycles. The van der Waals surface area contributed by atoms with Crippen molar-refractivity contribution in [3.8, 4) is 17.0 Å². The Balaban J connectivity index is 1.40. The summed E-state index contributed by atoms with van der Waals surface area (Å²) >= 11 is 6.16. The molecule has 0 spiro atoms. The molecule has 8 heteroatoms. The Morgan fingerprint density at radius 1 is 1.05 bits per heavy atom. The van der Waals surface area contributed by atoms with Crippen LogP contribution in [0.2, 0.25) is 5.02 Å². The van der Waals surface area contributed by atoms with Crippen molar-refractivity contribution in [1.82, 2.24) is 15.1 Å². The monoisotopic (exact) mass is 514 g/mol. The quantitative estimate of drug-likeness (QED) is 0.256. The van der Waals surface area contributed by atoms with Gasteiger partial charge in [-0.15, -0.1) is 0 Å². The van der Waals surface area contributed by atoms with Gasteiger partial charge in [-0.1, -0.05) is 60.0 Å². The van der Waals surface area contributed by atoms with Gasteiger partial charge >= 0.3 is 6.03 Å². The van der Waals surface area contributed by atoms with Crippen molar-refractivity contribution >= 4 is 29.2 Å². The molecular weight excluding hydrogens is 488 g/mol. The van der Waals surface area contributed by atoms with Crippen LogP contribution in [0.25, 0.3) is 11.3 Å². The zero-order valence-electron chi connectivity index (χ0n) is 20.4. The molecule has 1 fully saturated rings. The van der Waals surface area contributed by atoms with Gasteiger partial charge in [-0.3, -0.25) is 4.79 Å². The Bertz CT molecular complexity index is 1460. The maximum Gasteiger partial charge on any atom is 0.342 e. The highest BCUT2D eigenvalue weighted by molar-refractivity contribution is 6.34. The van der Waals surface area contributed by atoms with Crippen LogP contribution in [0.3, 0.4) is 0 Å². The van der Waals surface area contributed by atoms with E-state index in [1.807, 2.05) is 37.3 Å². The van der Waals surface area contributed by atoms with E-state index >= 15 is 0 Å². The van der Waals surface area contributed by atoms with Gasteiger partial charge in [0.15, 0.2) is 0 Å². The van der Waals surface area contributed by atoms with Crippen LogP contribution in [0.15, 0.2) is 72.8 Å². The fourth-order valence-corrected chi connectivity index (χ4v) is 4.53. The van der Waals surface area contributed by atoms with Crippen LogP contribution in [-0.2, 0) is 6.54 Å². The number of aromatic nitrogens is 2. The third-order valence-corrected chi connectivity index (χ3v) is 7.00. The van der Waals surface area contributed by atoms with Crippen molar-refractivity contribution < 1.29 is 14.7 Å². The van der Waals surface area contributed by atoms with Crippen LogP contribution in [0, 0.1) is 6.92 Å². The van der Waals surface area contributed by atoms with E-state index in [0.29, 0.717) is 34.1 Å². The van der Waals surface area contributed by atoms with Crippen molar-refractivity contribution in [2.75, 3.05) is 5.32 Å². The summed E-state index contributed by atoms with van der Waals surface area (Å²) in [5.74, 6) is -0.129. The number of halogens is 1. The molecule has 5 rings (SSSR count). The van der Waals surface area contributed by atoms with Crippen LogP contribution in [0.1, 0.15) is 52.4 Å². The van der Waals surface area contributed by atoms with Crippen LogP contribution in [0.4, 0.5) is 10.5 Å². The molecule has 2 amide bonds. The summed E-state index contributed by atoms with van der Waals surface area (Å²) in [6.45, 7) is 2.40. The van der Waals surface area contributed by atoms with Crippen LogP contribution in [-0.4, -0.2) is 26.8 Å². The highest BCUT2D eigenvalue weighted by Crippen LogP contribution is 2.39. The summed E-state index contributed by atoms with van der Waals surface area (Å²) in [6.07, 6.45) is 3.07. The summed E-state index contributed by atoms with van der Waals surface area (Å²) in [5.41, 5.74) is 4.66. The number of phenols is 1. The first kappa shape index (κ1) is 24.6. The van der Waals surface area contributed by atoms with E-state index in [0.717, 1.165) is 36.1 Å². The molecule has 1 aliphatic rings. The second-order valence-electron chi connectivity index (χ2n) is 9.30. The Kier molecular flexibility index (Phi) is 6.97. The summed E-state index contributed by atoms with van der Waals surface area (Å²) in [7, 11) is 0. The highest BCUT2D eigenvalue weighted by atomic mass is 35.5. The molecule has 0 saturated heterocycles. The number of aromatic hydroxyl groups is 1. The Labute approximate surface area is 220 Å². The van der Waals surface area contributed by atoms with Crippen molar-refractivity contribution in [2.24, 2.45) is 0 Å². The number of nitrogens with one attached hydrogen (secondary N) is 2. The molecular formula is C29H27ClN4O3. The lowest BCUT2D eigenvalue weighted by Gasteiger charge is -2.25. The number of amides is 2. The minimum atomic E-state index is -0.363. The van der Waals surface area contributed by atoms with Gasteiger partial charge in [-0.25, -0.2) is 4.79 Å². The average Bonchev–Trinajstić information content (AvgIpc) is 3.28. The Hall–Kier alpha value is -4.10. The summed E-state index contributed by atoms with van der Waals surface area (Å²) in [6, 6.07) is 21.0. The van der Waals surface area contributed by atoms with Gasteiger partial charge in [0.1, 0.15) is 5.75 Å². The lowest BCUT2D eigenvalue weighted by molar-refractivity contribution is 0.102. The fourth-order valence-electron chi connectivity index (χ4n) is 4.31. The lowest BCUT2D eigenvalue weighted by atomic mass is 9.82. The number of nitrogens with zero attached hydrogens (tertiary/aromatic N) is 2. The predicted molar refractivity (Wildman–Crippen MR) is 144 cm³/mol. The second-order valence-corrected chi connectivity index (χ2v) is 9.71. The third-order valence-electron chi connectivity index (χ3n) is 6.67. The van der Waals surface area contributed by atoms with Gasteiger partial charge in [0.2, 0.25) is 0 Å². The van der Waals surface area contributed by atoms with Crippen LogP contribution in [0.5, 0.6) is 5.75 Å². The summed E-state index contributed by atoms with van der Waals surface area (Å²) < 4.78 is 1.40. The molecule has 37 heavy (non-hydrogen) atoms. The first-order chi connectivity index (χ1) is 17.9. The van der Waals surface area contributed by atoms with Crippen molar-refractivity contribution in [1.29, 1.82) is 0 Å². The van der Waals surface area contributed by atoms with Crippen molar-refractivity contribution in [2.45, 2.75) is 38.6 Å². The Morgan fingerprint density at radius 3 is 2.51 bits per heavy atom. The number of rotatable bonds is 6. The van der Waals surface area contributed by atoms with Gasteiger partial charge < -0.3 is 15.7 Å². The molecule has 1 aliphatic carbocycles. The number of carbonyl (C=O) groups is 2. The average molecular weight is 515 g/mol. The number of benzene rings is 3. The van der Waals surface area contributed by atoms with E-state index in [-0.39, 0.29) is 23.6 Å². The molecule has 0 radical (unpaired) electrons. The minimum absolute atomic E-state index is 0.000570. The van der Waals surface area contributed by atoms with Gasteiger partial charge in [-0.05, 0) is 61.7 Å². The molecule has 0 aliphatic heterocycles. The topological polar surface area (TPSA) is 96.3 Å². The van der Waals surface area contributed by atoms with E-state index in [1.54, 1.807) is 36.4 Å². The maximum atomic E-state index is 13.1. The number of hydrogen-bond acceptors (Lipinski definition) is 4. The van der Waals surface area contributed by atoms with E-state index in [2.05, 4.69) is 15.7 Å². The van der Waals surface area contributed by atoms with E-state index in [1.165, 1.54) is 10.7 Å². The molecule has 0 atom stereocenters. The molecule has 0 bridgehead atoms. The number of aryl methyl sites for hydroxylation is 1. The Morgan fingerprint density at radius 2 is 1.81 bits per heavy atom. The molecule has 0 unspecified atom stereocenters.